The zero-order valence-electron chi connectivity index (χ0n) is 7.84. The Labute approximate surface area is 104 Å². The van der Waals surface area contributed by atoms with E-state index < -0.39 is 28.4 Å². The molecule has 3 nitrogen and oxygen atoms in total. The predicted octanol–water partition coefficient (Wildman–Crippen LogP) is 1.98. The van der Waals surface area contributed by atoms with E-state index in [9.17, 15) is 14.0 Å². The summed E-state index contributed by atoms with van der Waals surface area (Å²) < 4.78 is 13.1. The lowest BCUT2D eigenvalue weighted by molar-refractivity contribution is -0.125. The first-order valence-corrected chi connectivity index (χ1v) is 5.74. The van der Waals surface area contributed by atoms with Crippen molar-refractivity contribution in [1.29, 1.82) is 0 Å². The lowest BCUT2D eigenvalue weighted by atomic mass is 9.97. The molecule has 0 spiro atoms. The summed E-state index contributed by atoms with van der Waals surface area (Å²) in [7, 11) is 0. The van der Waals surface area contributed by atoms with Crippen LogP contribution in [0.4, 0.5) is 4.39 Å². The van der Waals surface area contributed by atoms with E-state index in [2.05, 4.69) is 21.2 Å². The second-order valence-corrected chi connectivity index (χ2v) is 4.79. The Morgan fingerprint density at radius 3 is 2.56 bits per heavy atom. The van der Waals surface area contributed by atoms with Crippen molar-refractivity contribution >= 4 is 39.3 Å². The van der Waals surface area contributed by atoms with Crippen LogP contribution in [-0.4, -0.2) is 16.6 Å². The third kappa shape index (κ3) is 1.85. The Hall–Kier alpha value is -0.940. The molecule has 1 aliphatic heterocycles. The Balaban J connectivity index is 2.48. The molecule has 2 atom stereocenters. The van der Waals surface area contributed by atoms with Gasteiger partial charge >= 0.3 is 0 Å². The molecule has 1 fully saturated rings. The molecule has 1 aromatic carbocycles. The zero-order valence-corrected chi connectivity index (χ0v) is 10.2. The highest BCUT2D eigenvalue weighted by atomic mass is 79.9. The topological polar surface area (TPSA) is 46.2 Å². The molecule has 0 aromatic heterocycles. The third-order valence-electron chi connectivity index (χ3n) is 2.37. The highest BCUT2D eigenvalue weighted by Gasteiger charge is 2.41. The van der Waals surface area contributed by atoms with Gasteiger partial charge in [0.1, 0.15) is 10.6 Å². The van der Waals surface area contributed by atoms with E-state index in [0.29, 0.717) is 5.56 Å². The van der Waals surface area contributed by atoms with E-state index in [0.717, 1.165) is 0 Å². The zero-order chi connectivity index (χ0) is 11.9. The maximum Gasteiger partial charge on any atom is 0.241 e. The van der Waals surface area contributed by atoms with E-state index in [1.807, 2.05) is 0 Å². The summed E-state index contributed by atoms with van der Waals surface area (Å²) in [6.07, 6.45) is 0. The van der Waals surface area contributed by atoms with Crippen LogP contribution >= 0.6 is 27.5 Å². The maximum atomic E-state index is 13.1. The van der Waals surface area contributed by atoms with Gasteiger partial charge < -0.3 is 0 Å². The molecule has 84 valence electrons. The SMILES string of the molecule is O=C1NC(=O)C(c2cc(F)ccc2Cl)C1Br. The predicted molar refractivity (Wildman–Crippen MR) is 60.0 cm³/mol. The van der Waals surface area contributed by atoms with Crippen LogP contribution in [0.3, 0.4) is 0 Å². The second kappa shape index (κ2) is 4.14. The molecule has 2 unspecified atom stereocenters. The van der Waals surface area contributed by atoms with Crippen molar-refractivity contribution in [3.8, 4) is 0 Å². The number of nitrogens with one attached hydrogen (secondary N) is 1. The van der Waals surface area contributed by atoms with Crippen LogP contribution in [0.2, 0.25) is 5.02 Å². The summed E-state index contributed by atoms with van der Waals surface area (Å²) in [4.78, 5) is 22.1. The van der Waals surface area contributed by atoms with Crippen molar-refractivity contribution in [1.82, 2.24) is 5.32 Å². The lowest BCUT2D eigenvalue weighted by Gasteiger charge is -2.11. The van der Waals surface area contributed by atoms with Crippen molar-refractivity contribution in [3.05, 3.63) is 34.6 Å². The molecule has 1 aromatic rings. The Morgan fingerprint density at radius 1 is 1.31 bits per heavy atom. The number of imide groups is 1. The van der Waals surface area contributed by atoms with E-state index >= 15 is 0 Å². The first-order chi connectivity index (χ1) is 7.50. The number of rotatable bonds is 1. The Bertz CT molecular complexity index is 480. The average Bonchev–Trinajstić information content (AvgIpc) is 2.46. The van der Waals surface area contributed by atoms with E-state index in [4.69, 9.17) is 11.6 Å². The molecule has 1 aliphatic rings. The number of benzene rings is 1. The van der Waals surface area contributed by atoms with Crippen LogP contribution in [0.5, 0.6) is 0 Å². The fourth-order valence-corrected chi connectivity index (χ4v) is 2.48. The minimum Gasteiger partial charge on any atom is -0.295 e. The summed E-state index contributed by atoms with van der Waals surface area (Å²) in [5.74, 6) is -2.18. The van der Waals surface area contributed by atoms with Gasteiger partial charge in [0.15, 0.2) is 0 Å². The number of alkyl halides is 1. The van der Waals surface area contributed by atoms with Crippen molar-refractivity contribution in [3.63, 3.8) is 0 Å². The van der Waals surface area contributed by atoms with Crippen LogP contribution in [-0.2, 0) is 9.59 Å². The van der Waals surface area contributed by atoms with Crippen LogP contribution in [0.1, 0.15) is 11.5 Å². The fraction of sp³-hybridized carbons (Fsp3) is 0.200. The lowest BCUT2D eigenvalue weighted by Crippen LogP contribution is -2.22. The van der Waals surface area contributed by atoms with Crippen LogP contribution in [0.25, 0.3) is 0 Å². The number of halogens is 3. The molecule has 0 bridgehead atoms. The van der Waals surface area contributed by atoms with Crippen molar-refractivity contribution < 1.29 is 14.0 Å². The first kappa shape index (κ1) is 11.5. The number of carbonyl (C=O) groups is 2. The standard InChI is InChI=1S/C10H6BrClFNO2/c11-8-7(9(15)14-10(8)16)5-3-4(13)1-2-6(5)12/h1-3,7-8H,(H,14,15,16). The Morgan fingerprint density at radius 2 is 2.00 bits per heavy atom. The summed E-state index contributed by atoms with van der Waals surface area (Å²) in [6, 6.07) is 3.73. The molecule has 2 rings (SSSR count). The maximum absolute atomic E-state index is 13.1. The number of carbonyl (C=O) groups excluding carboxylic acids is 2. The van der Waals surface area contributed by atoms with E-state index in [-0.39, 0.29) is 5.02 Å². The molecule has 1 heterocycles. The van der Waals surface area contributed by atoms with Crippen LogP contribution < -0.4 is 5.32 Å². The largest absolute Gasteiger partial charge is 0.295 e. The van der Waals surface area contributed by atoms with Crippen molar-refractivity contribution in [2.75, 3.05) is 0 Å². The van der Waals surface area contributed by atoms with Gasteiger partial charge in [-0.2, -0.15) is 0 Å². The van der Waals surface area contributed by atoms with Gasteiger partial charge in [0, 0.05) is 5.02 Å². The van der Waals surface area contributed by atoms with Gasteiger partial charge in [-0.15, -0.1) is 0 Å². The quantitative estimate of drug-likeness (QED) is 0.637. The highest BCUT2D eigenvalue weighted by molar-refractivity contribution is 9.10. The van der Waals surface area contributed by atoms with Crippen molar-refractivity contribution in [2.24, 2.45) is 0 Å². The molecule has 6 heteroatoms. The average molecular weight is 307 g/mol. The van der Waals surface area contributed by atoms with Crippen LogP contribution in [0, 0.1) is 5.82 Å². The van der Waals surface area contributed by atoms with Gasteiger partial charge in [-0.05, 0) is 23.8 Å². The summed E-state index contributed by atoms with van der Waals surface area (Å²) in [6.45, 7) is 0. The Kier molecular flexibility index (Phi) is 2.99. The van der Waals surface area contributed by atoms with Crippen LogP contribution in [0.15, 0.2) is 18.2 Å². The number of hydrogen-bond acceptors (Lipinski definition) is 2. The number of hydrogen-bond donors (Lipinski definition) is 1. The number of amides is 2. The van der Waals surface area contributed by atoms with Gasteiger partial charge in [-0.3, -0.25) is 14.9 Å². The molecule has 0 saturated carbocycles. The van der Waals surface area contributed by atoms with Gasteiger partial charge in [-0.1, -0.05) is 27.5 Å². The summed E-state index contributed by atoms with van der Waals surface area (Å²) in [5.41, 5.74) is 0.312. The molecule has 16 heavy (non-hydrogen) atoms. The minimum atomic E-state index is -0.782. The van der Waals surface area contributed by atoms with Gasteiger partial charge in [0.25, 0.3) is 0 Å². The summed E-state index contributed by atoms with van der Waals surface area (Å²) in [5, 5.41) is 2.42. The first-order valence-electron chi connectivity index (χ1n) is 4.44. The highest BCUT2D eigenvalue weighted by Crippen LogP contribution is 2.34. The molecular weight excluding hydrogens is 300 g/mol. The monoisotopic (exact) mass is 305 g/mol. The minimum absolute atomic E-state index is 0.265. The summed E-state index contributed by atoms with van der Waals surface area (Å²) >= 11 is 8.97. The molecular formula is C10H6BrClFNO2. The normalized spacial score (nSPS) is 24.7. The molecule has 0 aliphatic carbocycles. The van der Waals surface area contributed by atoms with E-state index in [1.165, 1.54) is 18.2 Å². The molecule has 1 saturated heterocycles. The molecule has 2 amide bonds. The second-order valence-electron chi connectivity index (χ2n) is 3.40. The molecule has 0 radical (unpaired) electrons. The van der Waals surface area contributed by atoms with Crippen molar-refractivity contribution in [2.45, 2.75) is 10.7 Å². The van der Waals surface area contributed by atoms with Gasteiger partial charge in [0.2, 0.25) is 11.8 Å². The third-order valence-corrected chi connectivity index (χ3v) is 3.65. The smallest absolute Gasteiger partial charge is 0.241 e. The molecule has 1 N–H and O–H groups in total. The van der Waals surface area contributed by atoms with Gasteiger partial charge in [-0.25, -0.2) is 4.39 Å². The van der Waals surface area contributed by atoms with Gasteiger partial charge in [0.05, 0.1) is 5.92 Å². The fourth-order valence-electron chi connectivity index (χ4n) is 1.60. The van der Waals surface area contributed by atoms with E-state index in [1.54, 1.807) is 0 Å².